The average Bonchev–Trinajstić information content (AvgIpc) is 3.00. The van der Waals surface area contributed by atoms with Gasteiger partial charge in [-0.25, -0.2) is 4.79 Å². The van der Waals surface area contributed by atoms with Crippen molar-refractivity contribution in [2.75, 3.05) is 20.3 Å². The number of esters is 1. The van der Waals surface area contributed by atoms with Crippen LogP contribution in [0, 0.1) is 0 Å². The number of fused-ring (bicyclic) bond motifs is 1. The normalized spacial score (nSPS) is 32.7. The van der Waals surface area contributed by atoms with E-state index >= 15 is 0 Å². The average molecular weight is 611 g/mol. The molecule has 2 saturated heterocycles. The van der Waals surface area contributed by atoms with Crippen molar-refractivity contribution in [1.29, 1.82) is 0 Å². The molecule has 10 atom stereocenters. The van der Waals surface area contributed by atoms with Gasteiger partial charge in [-0.3, -0.25) is 0 Å². The van der Waals surface area contributed by atoms with E-state index in [-0.39, 0.29) is 34.4 Å². The molecule has 0 radical (unpaired) electrons. The quantitative estimate of drug-likeness (QED) is 0.119. The third-order valence-electron chi connectivity index (χ3n) is 7.49. The highest BCUT2D eigenvalue weighted by atomic mass is 16.7. The molecule has 8 N–H and O–H groups in total. The first kappa shape index (κ1) is 33.0. The van der Waals surface area contributed by atoms with Crippen LogP contribution >= 0.6 is 0 Å². The molecule has 2 heterocycles. The van der Waals surface area contributed by atoms with Crippen molar-refractivity contribution in [1.82, 2.24) is 0 Å². The summed E-state index contributed by atoms with van der Waals surface area (Å²) in [5, 5.41) is 82.4. The molecule has 2 aliphatic heterocycles. The topological polar surface area (TPSA) is 225 Å². The van der Waals surface area contributed by atoms with E-state index in [1.54, 1.807) is 30.3 Å². The predicted molar refractivity (Wildman–Crippen MR) is 147 cm³/mol. The fourth-order valence-electron chi connectivity index (χ4n) is 5.06. The van der Waals surface area contributed by atoms with Gasteiger partial charge in [0.25, 0.3) is 0 Å². The van der Waals surface area contributed by atoms with Crippen LogP contribution in [0.15, 0.2) is 35.9 Å². The second-order valence-electron chi connectivity index (χ2n) is 10.7. The molecule has 0 saturated carbocycles. The monoisotopic (exact) mass is 610 g/mol. The van der Waals surface area contributed by atoms with Crippen molar-refractivity contribution < 1.29 is 69.3 Å². The number of benzene rings is 2. The van der Waals surface area contributed by atoms with Gasteiger partial charge in [-0.15, -0.1) is 0 Å². The van der Waals surface area contributed by atoms with E-state index in [2.05, 4.69) is 0 Å². The van der Waals surface area contributed by atoms with Crippen molar-refractivity contribution in [3.63, 3.8) is 0 Å². The van der Waals surface area contributed by atoms with Crippen LogP contribution in [0.3, 0.4) is 0 Å². The van der Waals surface area contributed by atoms with E-state index in [4.69, 9.17) is 23.7 Å². The van der Waals surface area contributed by atoms with Crippen LogP contribution < -0.4 is 9.47 Å². The fraction of sp³-hybridized carbons (Fsp3) is 0.552. The molecule has 0 aromatic heterocycles. The van der Waals surface area contributed by atoms with Crippen molar-refractivity contribution in [3.05, 3.63) is 47.0 Å². The fourth-order valence-corrected chi connectivity index (χ4v) is 5.06. The maximum absolute atomic E-state index is 13.4. The minimum Gasteiger partial charge on any atom is -0.465 e. The van der Waals surface area contributed by atoms with Crippen molar-refractivity contribution >= 4 is 16.7 Å². The first-order valence-electron chi connectivity index (χ1n) is 13.7. The maximum Gasteiger partial charge on any atom is 0.342 e. The van der Waals surface area contributed by atoms with Crippen molar-refractivity contribution in [2.45, 2.75) is 81.7 Å². The molecule has 14 nitrogen and oxygen atoms in total. The summed E-state index contributed by atoms with van der Waals surface area (Å²) in [6.07, 6.45) is -14.2. The van der Waals surface area contributed by atoms with Gasteiger partial charge in [0.2, 0.25) is 12.6 Å². The second-order valence-corrected chi connectivity index (χ2v) is 10.7. The summed E-state index contributed by atoms with van der Waals surface area (Å²) >= 11 is 0. The molecule has 0 amide bonds. The Morgan fingerprint density at radius 1 is 0.767 bits per heavy atom. The smallest absolute Gasteiger partial charge is 0.342 e. The number of aliphatic hydroxyl groups excluding tert-OH is 8. The number of hydrogen-bond donors (Lipinski definition) is 8. The van der Waals surface area contributed by atoms with Crippen molar-refractivity contribution in [3.8, 4) is 11.5 Å². The Hall–Kier alpha value is -2.89. The summed E-state index contributed by atoms with van der Waals surface area (Å²) < 4.78 is 28.4. The molecule has 0 spiro atoms. The first-order chi connectivity index (χ1) is 20.4. The lowest BCUT2D eigenvalue weighted by atomic mass is 9.94. The van der Waals surface area contributed by atoms with E-state index < -0.39 is 80.6 Å². The molecule has 0 bridgehead atoms. The van der Waals surface area contributed by atoms with Crippen LogP contribution in [0.5, 0.6) is 11.5 Å². The van der Waals surface area contributed by atoms with Crippen LogP contribution in [0.1, 0.15) is 29.8 Å². The lowest BCUT2D eigenvalue weighted by Crippen LogP contribution is -2.60. The van der Waals surface area contributed by atoms with E-state index in [9.17, 15) is 45.6 Å². The van der Waals surface area contributed by atoms with Gasteiger partial charge in [-0.2, -0.15) is 0 Å². The molecule has 238 valence electrons. The Kier molecular flexibility index (Phi) is 10.6. The Balaban J connectivity index is 1.93. The van der Waals surface area contributed by atoms with E-state index in [0.717, 1.165) is 12.7 Å². The Morgan fingerprint density at radius 3 is 1.67 bits per heavy atom. The van der Waals surface area contributed by atoms with Crippen LogP contribution in [0.2, 0.25) is 0 Å². The number of ether oxygens (including phenoxy) is 5. The van der Waals surface area contributed by atoms with Crippen LogP contribution in [-0.4, -0.2) is 129 Å². The van der Waals surface area contributed by atoms with E-state index in [1.165, 1.54) is 0 Å². The molecule has 2 fully saturated rings. The summed E-state index contributed by atoms with van der Waals surface area (Å²) in [7, 11) is 1.14. The minimum atomic E-state index is -1.78. The zero-order chi connectivity index (χ0) is 31.6. The zero-order valence-electron chi connectivity index (χ0n) is 23.8. The first-order valence-corrected chi connectivity index (χ1v) is 13.7. The van der Waals surface area contributed by atoms with Gasteiger partial charge in [0.05, 0.1) is 20.3 Å². The minimum absolute atomic E-state index is 0.0268. The summed E-state index contributed by atoms with van der Waals surface area (Å²) in [5.74, 6) is -0.995. The van der Waals surface area contributed by atoms with Crippen LogP contribution in [-0.2, 0) is 20.6 Å². The highest BCUT2D eigenvalue weighted by Gasteiger charge is 2.47. The summed E-state index contributed by atoms with van der Waals surface area (Å²) in [4.78, 5) is 13.4. The van der Waals surface area contributed by atoms with E-state index in [0.29, 0.717) is 5.39 Å². The third kappa shape index (κ3) is 6.49. The number of carbonyl (C=O) groups excluding carboxylic acids is 1. The SMILES string of the molecule is COC(=O)c1c(CC=C(C)C)c(OC2OC(CO)C(O)C(O)C2O)c2ccccc2c1OC1OC(CO)C(O)C(O)C1O. The number of allylic oxidation sites excluding steroid dienone is 2. The maximum atomic E-state index is 13.4. The summed E-state index contributed by atoms with van der Waals surface area (Å²) in [5.41, 5.74) is 0.873. The highest BCUT2D eigenvalue weighted by molar-refractivity contribution is 6.06. The van der Waals surface area contributed by atoms with Gasteiger partial charge in [0.1, 0.15) is 65.9 Å². The summed E-state index contributed by atoms with van der Waals surface area (Å²) in [6.45, 7) is 2.26. The number of methoxy groups -OCH3 is 1. The van der Waals surface area contributed by atoms with Gasteiger partial charge < -0.3 is 64.5 Å². The Morgan fingerprint density at radius 2 is 1.23 bits per heavy atom. The number of rotatable bonds is 9. The van der Waals surface area contributed by atoms with Gasteiger partial charge in [-0.05, 0) is 20.3 Å². The molecule has 10 unspecified atom stereocenters. The standard InChI is InChI=1S/C29H38O14/c1-12(2)8-9-15-18(27(38)39-3)26(43-29-24(37)22(35)20(33)17(11-31)41-29)14-7-5-4-6-13(14)25(15)42-28-23(36)21(34)19(32)16(10-30)40-28/h4-8,16-17,19-24,28-37H,9-11H2,1-3H3. The van der Waals surface area contributed by atoms with E-state index in [1.807, 2.05) is 13.8 Å². The molecular formula is C29H38O14. The second kappa shape index (κ2) is 13.8. The van der Waals surface area contributed by atoms with Crippen LogP contribution in [0.4, 0.5) is 0 Å². The largest absolute Gasteiger partial charge is 0.465 e. The van der Waals surface area contributed by atoms with Gasteiger partial charge >= 0.3 is 5.97 Å². The Labute approximate surface area is 246 Å². The van der Waals surface area contributed by atoms with Gasteiger partial charge in [0, 0.05) is 16.3 Å². The Bertz CT molecular complexity index is 1310. The molecule has 2 aromatic carbocycles. The van der Waals surface area contributed by atoms with Gasteiger partial charge in [0.15, 0.2) is 0 Å². The van der Waals surface area contributed by atoms with Crippen LogP contribution in [0.25, 0.3) is 10.8 Å². The lowest BCUT2D eigenvalue weighted by Gasteiger charge is -2.40. The molecule has 2 aromatic rings. The third-order valence-corrected chi connectivity index (χ3v) is 7.49. The molecule has 43 heavy (non-hydrogen) atoms. The van der Waals surface area contributed by atoms with Gasteiger partial charge in [-0.1, -0.05) is 35.9 Å². The highest BCUT2D eigenvalue weighted by Crippen LogP contribution is 2.44. The number of carbonyl (C=O) groups is 1. The number of aliphatic hydroxyl groups is 8. The molecular weight excluding hydrogens is 572 g/mol. The molecule has 14 heteroatoms. The summed E-state index contributed by atoms with van der Waals surface area (Å²) in [6, 6.07) is 6.45. The lowest BCUT2D eigenvalue weighted by molar-refractivity contribution is -0.277. The van der Waals surface area contributed by atoms with Crippen molar-refractivity contribution in [2.24, 2.45) is 0 Å². The molecule has 2 aliphatic rings. The predicted octanol–water partition coefficient (Wildman–Crippen LogP) is -1.51. The molecule has 4 rings (SSSR count). The molecule has 0 aliphatic carbocycles. The zero-order valence-corrected chi connectivity index (χ0v) is 23.8. The number of hydrogen-bond acceptors (Lipinski definition) is 14.